The second-order valence-corrected chi connectivity index (χ2v) is 8.64. The van der Waals surface area contributed by atoms with E-state index in [4.69, 9.17) is 4.74 Å². The van der Waals surface area contributed by atoms with Gasteiger partial charge >= 0.3 is 6.03 Å². The zero-order valence-corrected chi connectivity index (χ0v) is 19.1. The Labute approximate surface area is 190 Å². The topological polar surface area (TPSA) is 73.0 Å². The van der Waals surface area contributed by atoms with Gasteiger partial charge in [-0.05, 0) is 37.6 Å². The average Bonchev–Trinajstić information content (AvgIpc) is 3.31. The molecular weight excluding hydrogens is 404 g/mol. The number of anilines is 2. The van der Waals surface area contributed by atoms with E-state index >= 15 is 0 Å². The minimum atomic E-state index is -0.127. The summed E-state index contributed by atoms with van der Waals surface area (Å²) in [7, 11) is 3.83. The molecule has 8 nitrogen and oxygen atoms in total. The molecule has 2 fully saturated rings. The van der Waals surface area contributed by atoms with E-state index in [2.05, 4.69) is 49.5 Å². The standard InChI is InChI=1S/C24H34N6O2/c1-28-11-13-29(14-12-28)23-20(5-4-9-25-23)17-27-24(31)26-16-19-8-10-30(18-19)21-6-3-7-22(15-21)32-2/h3-7,9,15,19H,8,10-14,16-18H2,1-2H3,(H2,26,27,31). The van der Waals surface area contributed by atoms with Crippen LogP contribution >= 0.6 is 0 Å². The van der Waals surface area contributed by atoms with Gasteiger partial charge in [-0.25, -0.2) is 9.78 Å². The van der Waals surface area contributed by atoms with Gasteiger partial charge < -0.3 is 30.1 Å². The summed E-state index contributed by atoms with van der Waals surface area (Å²) < 4.78 is 5.33. The highest BCUT2D eigenvalue weighted by Gasteiger charge is 2.23. The number of nitrogens with zero attached hydrogens (tertiary/aromatic N) is 4. The number of likely N-dealkylation sites (N-methyl/N-ethyl adjacent to an activating group) is 1. The molecule has 1 aromatic carbocycles. The summed E-state index contributed by atoms with van der Waals surface area (Å²) in [6, 6.07) is 12.0. The smallest absolute Gasteiger partial charge is 0.315 e. The molecule has 2 saturated heterocycles. The minimum Gasteiger partial charge on any atom is -0.497 e. The zero-order chi connectivity index (χ0) is 22.3. The van der Waals surface area contributed by atoms with Crippen molar-refractivity contribution in [2.75, 3.05) is 69.8 Å². The van der Waals surface area contributed by atoms with Crippen molar-refractivity contribution in [2.24, 2.45) is 5.92 Å². The van der Waals surface area contributed by atoms with Gasteiger partial charge in [0.05, 0.1) is 7.11 Å². The third-order valence-electron chi connectivity index (χ3n) is 6.37. The molecular formula is C24H34N6O2. The van der Waals surface area contributed by atoms with E-state index in [0.29, 0.717) is 19.0 Å². The lowest BCUT2D eigenvalue weighted by Crippen LogP contribution is -2.45. The van der Waals surface area contributed by atoms with E-state index in [-0.39, 0.29) is 6.03 Å². The maximum absolute atomic E-state index is 12.4. The van der Waals surface area contributed by atoms with Crippen molar-refractivity contribution < 1.29 is 9.53 Å². The lowest BCUT2D eigenvalue weighted by molar-refractivity contribution is 0.239. The van der Waals surface area contributed by atoms with Crippen molar-refractivity contribution >= 4 is 17.5 Å². The molecule has 2 N–H and O–H groups in total. The van der Waals surface area contributed by atoms with Crippen LogP contribution in [0.2, 0.25) is 0 Å². The van der Waals surface area contributed by atoms with E-state index in [0.717, 1.165) is 62.8 Å². The summed E-state index contributed by atoms with van der Waals surface area (Å²) in [4.78, 5) is 24.0. The van der Waals surface area contributed by atoms with Crippen molar-refractivity contribution in [1.82, 2.24) is 20.5 Å². The van der Waals surface area contributed by atoms with E-state index in [1.165, 1.54) is 5.69 Å². The van der Waals surface area contributed by atoms with Crippen LogP contribution in [0.4, 0.5) is 16.3 Å². The Morgan fingerprint density at radius 2 is 1.94 bits per heavy atom. The molecule has 0 spiro atoms. The SMILES string of the molecule is COc1cccc(N2CCC(CNC(=O)NCc3cccnc3N3CCN(C)CC3)C2)c1. The monoisotopic (exact) mass is 438 g/mol. The second kappa shape index (κ2) is 10.5. The number of nitrogens with one attached hydrogen (secondary N) is 2. The van der Waals surface area contributed by atoms with Crippen LogP contribution in [0.3, 0.4) is 0 Å². The highest BCUT2D eigenvalue weighted by Crippen LogP contribution is 2.26. The lowest BCUT2D eigenvalue weighted by Gasteiger charge is -2.34. The van der Waals surface area contributed by atoms with Crippen LogP contribution in [-0.2, 0) is 6.54 Å². The molecule has 172 valence electrons. The molecule has 2 aromatic rings. The quantitative estimate of drug-likeness (QED) is 0.690. The fourth-order valence-electron chi connectivity index (χ4n) is 4.39. The Hall–Kier alpha value is -3.00. The highest BCUT2D eigenvalue weighted by molar-refractivity contribution is 5.74. The summed E-state index contributed by atoms with van der Waals surface area (Å²) in [6.07, 6.45) is 2.89. The molecule has 4 rings (SSSR count). The summed E-state index contributed by atoms with van der Waals surface area (Å²) >= 11 is 0. The Morgan fingerprint density at radius 1 is 1.09 bits per heavy atom. The molecule has 0 aliphatic carbocycles. The van der Waals surface area contributed by atoms with Crippen molar-refractivity contribution in [1.29, 1.82) is 0 Å². The number of piperazine rings is 1. The van der Waals surface area contributed by atoms with Gasteiger partial charge in [0, 0.05) is 75.9 Å². The molecule has 1 atom stereocenters. The van der Waals surface area contributed by atoms with E-state index in [1.807, 2.05) is 30.5 Å². The lowest BCUT2D eigenvalue weighted by atomic mass is 10.1. The number of benzene rings is 1. The number of methoxy groups -OCH3 is 1. The number of ether oxygens (including phenoxy) is 1. The van der Waals surface area contributed by atoms with Gasteiger partial charge in [0.25, 0.3) is 0 Å². The van der Waals surface area contributed by atoms with Crippen molar-refractivity contribution in [2.45, 2.75) is 13.0 Å². The molecule has 1 aromatic heterocycles. The van der Waals surface area contributed by atoms with Crippen LogP contribution in [0.5, 0.6) is 5.75 Å². The molecule has 0 radical (unpaired) electrons. The molecule has 0 bridgehead atoms. The van der Waals surface area contributed by atoms with Crippen LogP contribution in [0.1, 0.15) is 12.0 Å². The Balaban J connectivity index is 1.23. The van der Waals surface area contributed by atoms with Crippen molar-refractivity contribution in [3.05, 3.63) is 48.2 Å². The van der Waals surface area contributed by atoms with Gasteiger partial charge in [-0.1, -0.05) is 12.1 Å². The minimum absolute atomic E-state index is 0.127. The number of rotatable bonds is 7. The Kier molecular flexibility index (Phi) is 7.32. The first-order valence-electron chi connectivity index (χ1n) is 11.4. The van der Waals surface area contributed by atoms with E-state index in [9.17, 15) is 4.79 Å². The molecule has 1 unspecified atom stereocenters. The molecule has 32 heavy (non-hydrogen) atoms. The first-order chi connectivity index (χ1) is 15.6. The summed E-state index contributed by atoms with van der Waals surface area (Å²) in [5.74, 6) is 2.28. The molecule has 3 heterocycles. The summed E-state index contributed by atoms with van der Waals surface area (Å²) in [5, 5.41) is 6.06. The Morgan fingerprint density at radius 3 is 2.75 bits per heavy atom. The normalized spacial score (nSPS) is 19.1. The third-order valence-corrected chi connectivity index (χ3v) is 6.37. The van der Waals surface area contributed by atoms with Gasteiger partial charge in [0.1, 0.15) is 11.6 Å². The number of amides is 2. The first-order valence-corrected chi connectivity index (χ1v) is 11.4. The largest absolute Gasteiger partial charge is 0.497 e. The number of carbonyl (C=O) groups excluding carboxylic acids is 1. The van der Waals surface area contributed by atoms with Crippen LogP contribution in [0.25, 0.3) is 0 Å². The highest BCUT2D eigenvalue weighted by atomic mass is 16.5. The van der Waals surface area contributed by atoms with Gasteiger partial charge in [0.15, 0.2) is 0 Å². The molecule has 2 aliphatic heterocycles. The van der Waals surface area contributed by atoms with Gasteiger partial charge in [0.2, 0.25) is 0 Å². The number of aromatic nitrogens is 1. The van der Waals surface area contributed by atoms with E-state index in [1.54, 1.807) is 7.11 Å². The average molecular weight is 439 g/mol. The van der Waals surface area contributed by atoms with Crippen LogP contribution in [-0.4, -0.2) is 75.9 Å². The summed E-state index contributed by atoms with van der Waals surface area (Å²) in [6.45, 7) is 7.04. The number of carbonyl (C=O) groups is 1. The number of hydrogen-bond acceptors (Lipinski definition) is 6. The van der Waals surface area contributed by atoms with Crippen LogP contribution in [0, 0.1) is 5.92 Å². The van der Waals surface area contributed by atoms with Crippen LogP contribution < -0.4 is 25.2 Å². The number of urea groups is 1. The first kappa shape index (κ1) is 22.2. The van der Waals surface area contributed by atoms with Crippen LogP contribution in [0.15, 0.2) is 42.6 Å². The molecule has 8 heteroatoms. The molecule has 0 saturated carbocycles. The Bertz CT molecular complexity index is 900. The fraction of sp³-hybridized carbons (Fsp3) is 0.500. The van der Waals surface area contributed by atoms with Crippen molar-refractivity contribution in [3.63, 3.8) is 0 Å². The predicted octanol–water partition coefficient (Wildman–Crippen LogP) is 2.17. The van der Waals surface area contributed by atoms with Crippen molar-refractivity contribution in [3.8, 4) is 5.75 Å². The van der Waals surface area contributed by atoms with Gasteiger partial charge in [-0.2, -0.15) is 0 Å². The fourth-order valence-corrected chi connectivity index (χ4v) is 4.39. The van der Waals surface area contributed by atoms with E-state index < -0.39 is 0 Å². The molecule has 2 amide bonds. The third kappa shape index (κ3) is 5.62. The zero-order valence-electron chi connectivity index (χ0n) is 19.1. The second-order valence-electron chi connectivity index (χ2n) is 8.64. The number of hydrogen-bond donors (Lipinski definition) is 2. The summed E-state index contributed by atoms with van der Waals surface area (Å²) in [5.41, 5.74) is 2.22. The maximum Gasteiger partial charge on any atom is 0.315 e. The number of pyridine rings is 1. The van der Waals surface area contributed by atoms with Gasteiger partial charge in [-0.3, -0.25) is 0 Å². The molecule has 2 aliphatic rings. The predicted molar refractivity (Wildman–Crippen MR) is 127 cm³/mol. The van der Waals surface area contributed by atoms with Gasteiger partial charge in [-0.15, -0.1) is 0 Å². The maximum atomic E-state index is 12.4.